The highest BCUT2D eigenvalue weighted by Crippen LogP contribution is 2.25. The van der Waals surface area contributed by atoms with E-state index in [1.54, 1.807) is 7.11 Å². The number of hydrogen-bond acceptors (Lipinski definition) is 1. The van der Waals surface area contributed by atoms with Gasteiger partial charge in [-0.05, 0) is 47.0 Å². The van der Waals surface area contributed by atoms with Gasteiger partial charge in [0.25, 0.3) is 0 Å². The van der Waals surface area contributed by atoms with E-state index in [1.807, 2.05) is 18.2 Å². The van der Waals surface area contributed by atoms with Crippen LogP contribution in [0.1, 0.15) is 5.56 Å². The molecule has 0 aliphatic heterocycles. The Bertz CT molecular complexity index is 245. The highest BCUT2D eigenvalue weighted by atomic mass is 79.9. The summed E-state index contributed by atoms with van der Waals surface area (Å²) in [4.78, 5) is 0. The fraction of sp³-hybridized carbons (Fsp3) is 0.222. The van der Waals surface area contributed by atoms with Gasteiger partial charge in [-0.25, -0.2) is 0 Å². The van der Waals surface area contributed by atoms with Crippen molar-refractivity contribution < 1.29 is 4.74 Å². The van der Waals surface area contributed by atoms with Crippen molar-refractivity contribution in [2.24, 2.45) is 0 Å². The smallest absolute Gasteiger partial charge is 0.133 e. The van der Waals surface area contributed by atoms with Gasteiger partial charge in [0.2, 0.25) is 0 Å². The topological polar surface area (TPSA) is 9.23 Å². The molecule has 1 nitrogen and oxygen atoms in total. The molecule has 0 amide bonds. The summed E-state index contributed by atoms with van der Waals surface area (Å²) >= 11 is 3.40. The van der Waals surface area contributed by atoms with E-state index in [4.69, 9.17) is 4.74 Å². The van der Waals surface area contributed by atoms with E-state index in [0.717, 1.165) is 16.6 Å². The number of benzene rings is 1. The summed E-state index contributed by atoms with van der Waals surface area (Å²) in [7, 11) is 1.66. The first kappa shape index (κ1) is 8.60. The summed E-state index contributed by atoms with van der Waals surface area (Å²) in [6, 6.07) is 5.97. The third-order valence-corrected chi connectivity index (χ3v) is 2.12. The molecule has 0 N–H and O–H groups in total. The van der Waals surface area contributed by atoms with Gasteiger partial charge in [-0.1, -0.05) is 6.07 Å². The molecule has 0 saturated heterocycles. The summed E-state index contributed by atoms with van der Waals surface area (Å²) < 4.78 is 6.06. The zero-order chi connectivity index (χ0) is 8.27. The Labute approximate surface area is 75.5 Å². The minimum atomic E-state index is 0.808. The molecule has 0 aromatic heterocycles. The van der Waals surface area contributed by atoms with Crippen molar-refractivity contribution >= 4 is 15.9 Å². The van der Waals surface area contributed by atoms with E-state index in [9.17, 15) is 0 Å². The molecule has 59 valence electrons. The van der Waals surface area contributed by atoms with Gasteiger partial charge in [0.1, 0.15) is 5.75 Å². The van der Waals surface area contributed by atoms with Crippen molar-refractivity contribution in [1.29, 1.82) is 0 Å². The van der Waals surface area contributed by atoms with Crippen LogP contribution >= 0.6 is 15.9 Å². The van der Waals surface area contributed by atoms with Gasteiger partial charge < -0.3 is 4.74 Å². The maximum absolute atomic E-state index is 5.08. The van der Waals surface area contributed by atoms with Crippen molar-refractivity contribution in [2.75, 3.05) is 7.11 Å². The van der Waals surface area contributed by atoms with Gasteiger partial charge in [0.05, 0.1) is 11.6 Å². The van der Waals surface area contributed by atoms with E-state index in [-0.39, 0.29) is 0 Å². The highest BCUT2D eigenvalue weighted by Gasteiger charge is 1.98. The Morgan fingerprint density at radius 2 is 2.27 bits per heavy atom. The molecule has 1 aromatic rings. The SMILES string of the molecule is [CH2]Cc1ccc(OC)c(Br)c1. The molecule has 0 aliphatic carbocycles. The van der Waals surface area contributed by atoms with E-state index in [1.165, 1.54) is 5.56 Å². The minimum absolute atomic E-state index is 0.808. The lowest BCUT2D eigenvalue weighted by atomic mass is 10.2. The van der Waals surface area contributed by atoms with Gasteiger partial charge in [-0.3, -0.25) is 0 Å². The minimum Gasteiger partial charge on any atom is -0.496 e. The quantitative estimate of drug-likeness (QED) is 0.735. The van der Waals surface area contributed by atoms with Crippen LogP contribution in [0.3, 0.4) is 0 Å². The Morgan fingerprint density at radius 3 is 2.73 bits per heavy atom. The van der Waals surface area contributed by atoms with Crippen LogP contribution in [0.25, 0.3) is 0 Å². The average Bonchev–Trinajstić information content (AvgIpc) is 2.04. The largest absolute Gasteiger partial charge is 0.496 e. The second-order valence-electron chi connectivity index (χ2n) is 2.22. The van der Waals surface area contributed by atoms with Crippen LogP contribution in [0, 0.1) is 6.92 Å². The van der Waals surface area contributed by atoms with Gasteiger partial charge in [-0.2, -0.15) is 0 Å². The van der Waals surface area contributed by atoms with Gasteiger partial charge >= 0.3 is 0 Å². The van der Waals surface area contributed by atoms with Crippen molar-refractivity contribution in [3.8, 4) is 5.75 Å². The summed E-state index contributed by atoms with van der Waals surface area (Å²) in [6.45, 7) is 3.79. The predicted molar refractivity (Wildman–Crippen MR) is 49.8 cm³/mol. The Kier molecular flexibility index (Phi) is 2.94. The zero-order valence-corrected chi connectivity index (χ0v) is 8.02. The Morgan fingerprint density at radius 1 is 1.55 bits per heavy atom. The number of hydrogen-bond donors (Lipinski definition) is 0. The normalized spacial score (nSPS) is 9.73. The lowest BCUT2D eigenvalue weighted by Crippen LogP contribution is -1.86. The standard InChI is InChI=1S/C9H10BrO/c1-3-7-4-5-9(11-2)8(10)6-7/h4-6H,1,3H2,2H3. The summed E-state index contributed by atoms with van der Waals surface area (Å²) in [5.41, 5.74) is 1.21. The third kappa shape index (κ3) is 1.96. The number of ether oxygens (including phenoxy) is 1. The van der Waals surface area contributed by atoms with Crippen LogP contribution < -0.4 is 4.74 Å². The van der Waals surface area contributed by atoms with Crippen molar-refractivity contribution in [1.82, 2.24) is 0 Å². The monoisotopic (exact) mass is 213 g/mol. The molecule has 0 bridgehead atoms. The van der Waals surface area contributed by atoms with E-state index in [2.05, 4.69) is 22.9 Å². The predicted octanol–water partition coefficient (Wildman–Crippen LogP) is 2.83. The molecular weight excluding hydrogens is 204 g/mol. The van der Waals surface area contributed by atoms with E-state index < -0.39 is 0 Å². The molecule has 0 atom stereocenters. The molecule has 0 fully saturated rings. The lowest BCUT2D eigenvalue weighted by Gasteiger charge is -2.03. The molecular formula is C9H10BrO. The molecule has 1 rings (SSSR count). The molecule has 1 radical (unpaired) electrons. The summed E-state index contributed by atoms with van der Waals surface area (Å²) in [6.07, 6.45) is 0.808. The molecule has 0 aliphatic rings. The van der Waals surface area contributed by atoms with Crippen LogP contribution in [0.5, 0.6) is 5.75 Å². The van der Waals surface area contributed by atoms with Crippen molar-refractivity contribution in [3.05, 3.63) is 35.2 Å². The first-order valence-corrected chi connectivity index (χ1v) is 4.19. The van der Waals surface area contributed by atoms with Crippen LogP contribution in [0.15, 0.2) is 22.7 Å². The molecule has 11 heavy (non-hydrogen) atoms. The molecule has 2 heteroatoms. The van der Waals surface area contributed by atoms with Gasteiger partial charge in [0.15, 0.2) is 0 Å². The third-order valence-electron chi connectivity index (χ3n) is 1.50. The number of rotatable bonds is 2. The summed E-state index contributed by atoms with van der Waals surface area (Å²) in [5, 5.41) is 0. The molecule has 0 heterocycles. The van der Waals surface area contributed by atoms with Crippen LogP contribution in [-0.2, 0) is 6.42 Å². The second-order valence-corrected chi connectivity index (χ2v) is 3.07. The lowest BCUT2D eigenvalue weighted by molar-refractivity contribution is 0.412. The molecule has 0 saturated carbocycles. The van der Waals surface area contributed by atoms with Gasteiger partial charge in [0, 0.05) is 0 Å². The fourth-order valence-electron chi connectivity index (χ4n) is 0.865. The highest BCUT2D eigenvalue weighted by molar-refractivity contribution is 9.10. The maximum atomic E-state index is 5.08. The first-order valence-electron chi connectivity index (χ1n) is 3.39. The van der Waals surface area contributed by atoms with Crippen LogP contribution in [0.4, 0.5) is 0 Å². The van der Waals surface area contributed by atoms with E-state index in [0.29, 0.717) is 0 Å². The molecule has 0 spiro atoms. The first-order chi connectivity index (χ1) is 5.27. The van der Waals surface area contributed by atoms with Crippen molar-refractivity contribution in [3.63, 3.8) is 0 Å². The average molecular weight is 214 g/mol. The summed E-state index contributed by atoms with van der Waals surface area (Å²) in [5.74, 6) is 0.863. The van der Waals surface area contributed by atoms with E-state index >= 15 is 0 Å². The van der Waals surface area contributed by atoms with Gasteiger partial charge in [-0.15, -0.1) is 0 Å². The number of methoxy groups -OCH3 is 1. The maximum Gasteiger partial charge on any atom is 0.133 e. The zero-order valence-electron chi connectivity index (χ0n) is 6.43. The fourth-order valence-corrected chi connectivity index (χ4v) is 1.45. The van der Waals surface area contributed by atoms with Crippen LogP contribution in [-0.4, -0.2) is 7.11 Å². The Hall–Kier alpha value is -0.500. The molecule has 1 aromatic carbocycles. The van der Waals surface area contributed by atoms with Crippen molar-refractivity contribution in [2.45, 2.75) is 6.42 Å². The number of halogens is 1. The van der Waals surface area contributed by atoms with Crippen LogP contribution in [0.2, 0.25) is 0 Å². The second kappa shape index (κ2) is 3.77. The molecule has 0 unspecified atom stereocenters. The Balaban J connectivity index is 2.99.